The molecule has 1 heterocycles. The van der Waals surface area contributed by atoms with Crippen molar-refractivity contribution in [3.05, 3.63) is 35.4 Å². The molecule has 0 fully saturated rings. The Bertz CT molecular complexity index is 264. The van der Waals surface area contributed by atoms with E-state index in [1.165, 1.54) is 11.8 Å². The monoisotopic (exact) mass is 194 g/mol. The zero-order valence-electron chi connectivity index (χ0n) is 7.68. The minimum absolute atomic E-state index is 0.257. The number of hydrogen-bond acceptors (Lipinski definition) is 3. The Hall–Kier alpha value is -0.960. The minimum atomic E-state index is 0.257. The Morgan fingerprint density at radius 1 is 1.69 bits per heavy atom. The van der Waals surface area contributed by atoms with E-state index in [4.69, 9.17) is 5.73 Å². The summed E-state index contributed by atoms with van der Waals surface area (Å²) in [4.78, 5) is 4.37. The van der Waals surface area contributed by atoms with Gasteiger partial charge in [-0.15, -0.1) is 0 Å². The highest BCUT2D eigenvalue weighted by Gasteiger charge is 1.98. The molecule has 1 aliphatic rings. The topological polar surface area (TPSA) is 38.4 Å². The van der Waals surface area contributed by atoms with Crippen LogP contribution in [-0.2, 0) is 0 Å². The van der Waals surface area contributed by atoms with Crippen molar-refractivity contribution in [3.8, 4) is 0 Å². The molecule has 1 rings (SSSR count). The summed E-state index contributed by atoms with van der Waals surface area (Å²) in [5.41, 5.74) is 8.29. The van der Waals surface area contributed by atoms with Gasteiger partial charge in [0.05, 0.1) is 11.6 Å². The summed E-state index contributed by atoms with van der Waals surface area (Å²) in [7, 11) is 0. The van der Waals surface area contributed by atoms with Crippen molar-refractivity contribution in [3.63, 3.8) is 0 Å². The second-order valence-corrected chi connectivity index (χ2v) is 3.46. The summed E-state index contributed by atoms with van der Waals surface area (Å²) in [6.07, 6.45) is 9.01. The molecule has 0 radical (unpaired) electrons. The van der Waals surface area contributed by atoms with E-state index in [0.717, 1.165) is 12.1 Å². The van der Waals surface area contributed by atoms with Crippen LogP contribution in [0.4, 0.5) is 0 Å². The van der Waals surface area contributed by atoms with Crippen LogP contribution in [0.5, 0.6) is 0 Å². The first kappa shape index (κ1) is 10.1. The Balaban J connectivity index is 2.65. The third-order valence-corrected chi connectivity index (χ3v) is 2.27. The van der Waals surface area contributed by atoms with Gasteiger partial charge in [0.2, 0.25) is 0 Å². The van der Waals surface area contributed by atoms with Crippen LogP contribution in [-0.4, -0.2) is 11.6 Å². The number of aliphatic imine (C=N–C) groups is 1. The first-order chi connectivity index (χ1) is 6.33. The van der Waals surface area contributed by atoms with E-state index in [9.17, 15) is 0 Å². The molecule has 13 heavy (non-hydrogen) atoms. The van der Waals surface area contributed by atoms with Gasteiger partial charge in [-0.25, -0.2) is 0 Å². The molecule has 1 aliphatic heterocycles. The van der Waals surface area contributed by atoms with Crippen molar-refractivity contribution in [1.29, 1.82) is 0 Å². The molecule has 0 saturated heterocycles. The van der Waals surface area contributed by atoms with Crippen molar-refractivity contribution in [2.24, 2.45) is 10.7 Å². The van der Waals surface area contributed by atoms with Crippen LogP contribution in [0.2, 0.25) is 0 Å². The molecule has 0 amide bonds. The molecule has 0 aliphatic carbocycles. The van der Waals surface area contributed by atoms with Gasteiger partial charge in [-0.2, -0.15) is 0 Å². The third-order valence-electron chi connectivity index (χ3n) is 1.62. The Morgan fingerprint density at radius 3 is 3.31 bits per heavy atom. The number of rotatable bonds is 1. The molecular weight excluding hydrogens is 180 g/mol. The summed E-state index contributed by atoms with van der Waals surface area (Å²) in [6, 6.07) is 0.257. The van der Waals surface area contributed by atoms with Gasteiger partial charge in [-0.3, -0.25) is 4.99 Å². The number of allylic oxidation sites excluding steroid dienone is 2. The maximum absolute atomic E-state index is 5.67. The Labute approximate surface area is 83.3 Å². The van der Waals surface area contributed by atoms with Crippen molar-refractivity contribution in [2.75, 3.05) is 0 Å². The predicted molar refractivity (Wildman–Crippen MR) is 60.7 cm³/mol. The second kappa shape index (κ2) is 5.65. The zero-order valence-corrected chi connectivity index (χ0v) is 8.50. The van der Waals surface area contributed by atoms with Gasteiger partial charge in [-0.1, -0.05) is 30.0 Å². The normalized spacial score (nSPS) is 32.7. The van der Waals surface area contributed by atoms with Crippen molar-refractivity contribution in [1.82, 2.24) is 0 Å². The predicted octanol–water partition coefficient (Wildman–Crippen LogP) is 2.45. The van der Waals surface area contributed by atoms with Gasteiger partial charge < -0.3 is 5.73 Å². The summed E-state index contributed by atoms with van der Waals surface area (Å²) >= 11 is 1.52. The van der Waals surface area contributed by atoms with Crippen molar-refractivity contribution >= 4 is 17.3 Å². The van der Waals surface area contributed by atoms with Gasteiger partial charge in [0.1, 0.15) is 0 Å². The molecular formula is C10H14N2S. The first-order valence-corrected chi connectivity index (χ1v) is 5.19. The molecule has 0 aromatic heterocycles. The lowest BCUT2D eigenvalue weighted by atomic mass is 10.2. The van der Waals surface area contributed by atoms with E-state index in [0.29, 0.717) is 0 Å². The molecule has 0 bridgehead atoms. The highest BCUT2D eigenvalue weighted by molar-refractivity contribution is 8.14. The first-order valence-electron chi connectivity index (χ1n) is 4.25. The van der Waals surface area contributed by atoms with E-state index < -0.39 is 0 Å². The minimum Gasteiger partial charge on any atom is -0.398 e. The number of thioether (sulfide) groups is 1. The highest BCUT2D eigenvalue weighted by atomic mass is 32.2. The quantitative estimate of drug-likeness (QED) is 0.651. The molecule has 3 heteroatoms. The number of nitrogens with two attached hydrogens (primary N) is 1. The van der Waals surface area contributed by atoms with E-state index in [1.807, 2.05) is 30.0 Å². The van der Waals surface area contributed by atoms with E-state index in [-0.39, 0.29) is 6.04 Å². The summed E-state index contributed by atoms with van der Waals surface area (Å²) in [5.74, 6) is 0. The molecule has 2 nitrogen and oxygen atoms in total. The Kier molecular flexibility index (Phi) is 4.40. The number of hydrogen-bond donors (Lipinski definition) is 1. The molecule has 0 aromatic rings. The largest absolute Gasteiger partial charge is 0.398 e. The lowest BCUT2D eigenvalue weighted by molar-refractivity contribution is 0.840. The van der Waals surface area contributed by atoms with Gasteiger partial charge in [-0.05, 0) is 24.8 Å². The van der Waals surface area contributed by atoms with E-state index in [1.54, 1.807) is 0 Å². The van der Waals surface area contributed by atoms with Crippen LogP contribution in [0, 0.1) is 0 Å². The zero-order chi connectivity index (χ0) is 9.52. The van der Waals surface area contributed by atoms with Crippen molar-refractivity contribution < 1.29 is 0 Å². The van der Waals surface area contributed by atoms with Gasteiger partial charge in [0.25, 0.3) is 0 Å². The summed E-state index contributed by atoms with van der Waals surface area (Å²) in [5, 5.41) is 1.89. The van der Waals surface area contributed by atoms with Crippen LogP contribution in [0.1, 0.15) is 13.3 Å². The standard InChI is InChI=1S/C10H14N2S/c1-2-4-10-6-3-5-9(11)7-13-8-12-10/h2-5,7-8,10H,6,11H2,1H3/b4-2+,5-3+,9-7+,12-8+. The average Bonchev–Trinajstić information content (AvgIpc) is 2.20. The molecule has 0 saturated carbocycles. The maximum atomic E-state index is 5.67. The SMILES string of the molecule is C/C=C/C1C/C=C/C(N)=C\S/C=N/1. The van der Waals surface area contributed by atoms with E-state index >= 15 is 0 Å². The fourth-order valence-electron chi connectivity index (χ4n) is 1.02. The molecule has 0 aromatic carbocycles. The summed E-state index contributed by atoms with van der Waals surface area (Å²) in [6.45, 7) is 2.01. The fourth-order valence-corrected chi connectivity index (χ4v) is 1.54. The van der Waals surface area contributed by atoms with E-state index in [2.05, 4.69) is 17.1 Å². The lowest BCUT2D eigenvalue weighted by Crippen LogP contribution is -1.97. The van der Waals surface area contributed by atoms with Gasteiger partial charge in [0.15, 0.2) is 0 Å². The van der Waals surface area contributed by atoms with Crippen LogP contribution in [0.15, 0.2) is 40.4 Å². The molecule has 1 atom stereocenters. The highest BCUT2D eigenvalue weighted by Crippen LogP contribution is 2.09. The second-order valence-electron chi connectivity index (χ2n) is 2.74. The lowest BCUT2D eigenvalue weighted by Gasteiger charge is -2.01. The number of nitrogens with zero attached hydrogens (tertiary/aromatic N) is 1. The fraction of sp³-hybridized carbons (Fsp3) is 0.300. The van der Waals surface area contributed by atoms with Crippen molar-refractivity contribution in [2.45, 2.75) is 19.4 Å². The third kappa shape index (κ3) is 3.99. The van der Waals surface area contributed by atoms with Gasteiger partial charge >= 0.3 is 0 Å². The maximum Gasteiger partial charge on any atom is 0.0720 e. The molecule has 2 N–H and O–H groups in total. The smallest absolute Gasteiger partial charge is 0.0720 e. The molecule has 0 spiro atoms. The van der Waals surface area contributed by atoms with Crippen LogP contribution < -0.4 is 5.73 Å². The molecule has 1 unspecified atom stereocenters. The van der Waals surface area contributed by atoms with Crippen LogP contribution in [0.3, 0.4) is 0 Å². The molecule has 70 valence electrons. The van der Waals surface area contributed by atoms with Crippen LogP contribution in [0.25, 0.3) is 0 Å². The van der Waals surface area contributed by atoms with Gasteiger partial charge in [0, 0.05) is 5.70 Å². The average molecular weight is 194 g/mol. The summed E-state index contributed by atoms with van der Waals surface area (Å²) < 4.78 is 0. The Morgan fingerprint density at radius 2 is 2.54 bits per heavy atom. The van der Waals surface area contributed by atoms with Crippen LogP contribution >= 0.6 is 11.8 Å².